The second kappa shape index (κ2) is 6.44. The Morgan fingerprint density at radius 3 is 2.55 bits per heavy atom. The van der Waals surface area contributed by atoms with E-state index in [2.05, 4.69) is 45.0 Å². The maximum absolute atomic E-state index is 11.7. The summed E-state index contributed by atoms with van der Waals surface area (Å²) in [6.07, 6.45) is 3.51. The van der Waals surface area contributed by atoms with Gasteiger partial charge in [-0.25, -0.2) is 0 Å². The Balaban J connectivity index is 2.85. The summed E-state index contributed by atoms with van der Waals surface area (Å²) in [4.78, 5) is 14.1. The summed E-state index contributed by atoms with van der Waals surface area (Å²) in [6, 6.07) is 0.770. The first-order valence-electron chi connectivity index (χ1n) is 7.84. The number of carboxylic acid groups (broad SMARTS) is 1. The lowest BCUT2D eigenvalue weighted by atomic mass is 9.77. The van der Waals surface area contributed by atoms with E-state index in [1.54, 1.807) is 0 Å². The molecule has 1 fully saturated rings. The highest BCUT2D eigenvalue weighted by molar-refractivity contribution is 5.79. The summed E-state index contributed by atoms with van der Waals surface area (Å²) in [7, 11) is 2.14. The van der Waals surface area contributed by atoms with Crippen LogP contribution >= 0.6 is 0 Å². The lowest BCUT2D eigenvalue weighted by molar-refractivity contribution is -0.147. The number of carboxylic acids is 1. The highest BCUT2D eigenvalue weighted by atomic mass is 16.4. The molecule has 0 aliphatic heterocycles. The summed E-state index contributed by atoms with van der Waals surface area (Å²) in [5.74, 6) is -0.694. The van der Waals surface area contributed by atoms with Crippen molar-refractivity contribution in [3.8, 4) is 0 Å². The van der Waals surface area contributed by atoms with Crippen molar-refractivity contribution in [1.82, 2.24) is 10.2 Å². The number of nitrogens with zero attached hydrogens (tertiary/aromatic N) is 1. The maximum atomic E-state index is 11.7. The number of carbonyl (C=O) groups is 1. The van der Waals surface area contributed by atoms with Crippen LogP contribution in [0, 0.1) is 5.41 Å². The average molecular weight is 284 g/mol. The first-order valence-corrected chi connectivity index (χ1v) is 7.84. The fourth-order valence-corrected chi connectivity index (χ4v) is 3.29. The van der Waals surface area contributed by atoms with Gasteiger partial charge in [0.15, 0.2) is 0 Å². The monoisotopic (exact) mass is 284 g/mol. The van der Waals surface area contributed by atoms with Gasteiger partial charge in [0.2, 0.25) is 0 Å². The second-order valence-corrected chi connectivity index (χ2v) is 7.38. The molecule has 4 heteroatoms. The van der Waals surface area contributed by atoms with E-state index in [0.29, 0.717) is 25.0 Å². The van der Waals surface area contributed by atoms with Gasteiger partial charge in [-0.05, 0) is 51.6 Å². The van der Waals surface area contributed by atoms with Crippen LogP contribution in [0.2, 0.25) is 0 Å². The van der Waals surface area contributed by atoms with Crippen LogP contribution in [0.5, 0.6) is 0 Å². The fraction of sp³-hybridized carbons (Fsp3) is 0.938. The Morgan fingerprint density at radius 2 is 2.10 bits per heavy atom. The molecule has 1 saturated carbocycles. The van der Waals surface area contributed by atoms with E-state index in [-0.39, 0.29) is 5.41 Å². The molecule has 0 amide bonds. The van der Waals surface area contributed by atoms with Gasteiger partial charge in [-0.2, -0.15) is 0 Å². The highest BCUT2D eigenvalue weighted by Gasteiger charge is 2.44. The van der Waals surface area contributed by atoms with Crippen LogP contribution in [0.25, 0.3) is 0 Å². The van der Waals surface area contributed by atoms with Crippen LogP contribution in [0.15, 0.2) is 0 Å². The average Bonchev–Trinajstić information content (AvgIpc) is 2.36. The van der Waals surface area contributed by atoms with Crippen molar-refractivity contribution >= 4 is 5.97 Å². The standard InChI is InChI=1S/C16H32N2O2/c1-7-17-16(14(19)20)10-8-9-13(11-16)18(6)12(2)15(3,4)5/h12-13,17H,7-11H2,1-6H3,(H,19,20). The number of hydrogen-bond donors (Lipinski definition) is 2. The summed E-state index contributed by atoms with van der Waals surface area (Å²) < 4.78 is 0. The minimum absolute atomic E-state index is 0.205. The zero-order chi connectivity index (χ0) is 15.6. The Labute approximate surface area is 123 Å². The molecule has 2 N–H and O–H groups in total. The molecular formula is C16H32N2O2. The molecule has 0 spiro atoms. The molecule has 3 atom stereocenters. The van der Waals surface area contributed by atoms with Crippen LogP contribution in [0.4, 0.5) is 0 Å². The first-order chi connectivity index (χ1) is 9.14. The molecule has 1 aliphatic carbocycles. The molecule has 118 valence electrons. The van der Waals surface area contributed by atoms with Gasteiger partial charge in [-0.1, -0.05) is 27.7 Å². The largest absolute Gasteiger partial charge is 0.480 e. The molecule has 0 aromatic heterocycles. The van der Waals surface area contributed by atoms with Crippen LogP contribution < -0.4 is 5.32 Å². The third-order valence-electron chi connectivity index (χ3n) is 5.09. The highest BCUT2D eigenvalue weighted by Crippen LogP contribution is 2.34. The number of rotatable bonds is 5. The van der Waals surface area contributed by atoms with Crippen LogP contribution in [0.1, 0.15) is 60.3 Å². The molecule has 3 unspecified atom stereocenters. The summed E-state index contributed by atoms with van der Waals surface area (Å²) in [5, 5.41) is 12.9. The van der Waals surface area contributed by atoms with Crippen molar-refractivity contribution in [2.45, 2.75) is 77.9 Å². The van der Waals surface area contributed by atoms with Gasteiger partial charge in [0.1, 0.15) is 5.54 Å². The van der Waals surface area contributed by atoms with Gasteiger partial charge in [0, 0.05) is 12.1 Å². The molecule has 0 heterocycles. The van der Waals surface area contributed by atoms with Crippen LogP contribution in [-0.2, 0) is 4.79 Å². The van der Waals surface area contributed by atoms with Gasteiger partial charge in [-0.3, -0.25) is 4.79 Å². The van der Waals surface area contributed by atoms with Gasteiger partial charge < -0.3 is 15.3 Å². The lowest BCUT2D eigenvalue weighted by Gasteiger charge is -2.46. The maximum Gasteiger partial charge on any atom is 0.323 e. The third-order valence-corrected chi connectivity index (χ3v) is 5.09. The molecular weight excluding hydrogens is 252 g/mol. The van der Waals surface area contributed by atoms with Crippen LogP contribution in [0.3, 0.4) is 0 Å². The topological polar surface area (TPSA) is 52.6 Å². The molecule has 0 saturated heterocycles. The fourth-order valence-electron chi connectivity index (χ4n) is 3.29. The molecule has 1 rings (SSSR count). The van der Waals surface area contributed by atoms with E-state index in [4.69, 9.17) is 0 Å². The third kappa shape index (κ3) is 3.73. The second-order valence-electron chi connectivity index (χ2n) is 7.38. The van der Waals surface area contributed by atoms with Crippen molar-refractivity contribution in [3.63, 3.8) is 0 Å². The first kappa shape index (κ1) is 17.4. The predicted molar refractivity (Wildman–Crippen MR) is 83.0 cm³/mol. The Morgan fingerprint density at radius 1 is 1.50 bits per heavy atom. The van der Waals surface area contributed by atoms with E-state index in [1.807, 2.05) is 6.92 Å². The van der Waals surface area contributed by atoms with E-state index in [9.17, 15) is 9.90 Å². The molecule has 0 bridgehead atoms. The summed E-state index contributed by atoms with van der Waals surface area (Å²) in [6.45, 7) is 11.7. The van der Waals surface area contributed by atoms with Crippen molar-refractivity contribution in [3.05, 3.63) is 0 Å². The number of likely N-dealkylation sites (N-methyl/N-ethyl adjacent to an activating group) is 1. The Hall–Kier alpha value is -0.610. The molecule has 0 aromatic rings. The summed E-state index contributed by atoms with van der Waals surface area (Å²) in [5.41, 5.74) is -0.528. The quantitative estimate of drug-likeness (QED) is 0.815. The number of hydrogen-bond acceptors (Lipinski definition) is 3. The van der Waals surface area contributed by atoms with E-state index >= 15 is 0 Å². The van der Waals surface area contributed by atoms with Gasteiger partial charge in [-0.15, -0.1) is 0 Å². The zero-order valence-corrected chi connectivity index (χ0v) is 14.0. The minimum Gasteiger partial charge on any atom is -0.480 e. The van der Waals surface area contributed by atoms with E-state index in [0.717, 1.165) is 19.3 Å². The van der Waals surface area contributed by atoms with Gasteiger partial charge in [0.25, 0.3) is 0 Å². The number of aliphatic carboxylic acids is 1. The molecule has 4 nitrogen and oxygen atoms in total. The molecule has 1 aliphatic rings. The molecule has 20 heavy (non-hydrogen) atoms. The van der Waals surface area contributed by atoms with Gasteiger partial charge >= 0.3 is 5.97 Å². The molecule has 0 radical (unpaired) electrons. The predicted octanol–water partition coefficient (Wildman–Crippen LogP) is 2.73. The normalized spacial score (nSPS) is 29.4. The van der Waals surface area contributed by atoms with E-state index in [1.165, 1.54) is 0 Å². The smallest absolute Gasteiger partial charge is 0.323 e. The lowest BCUT2D eigenvalue weighted by Crippen LogP contribution is -2.59. The minimum atomic E-state index is -0.733. The van der Waals surface area contributed by atoms with Crippen LogP contribution in [-0.4, -0.2) is 47.2 Å². The SMILES string of the molecule is CCNC1(C(=O)O)CCCC(N(C)C(C)C(C)(C)C)C1. The van der Waals surface area contributed by atoms with Crippen molar-refractivity contribution in [1.29, 1.82) is 0 Å². The number of nitrogens with one attached hydrogen (secondary N) is 1. The zero-order valence-electron chi connectivity index (χ0n) is 14.0. The Kier molecular flexibility index (Phi) is 5.61. The van der Waals surface area contributed by atoms with Gasteiger partial charge in [0.05, 0.1) is 0 Å². The van der Waals surface area contributed by atoms with E-state index < -0.39 is 11.5 Å². The Bertz CT molecular complexity index is 334. The van der Waals surface area contributed by atoms with Crippen molar-refractivity contribution in [2.24, 2.45) is 5.41 Å². The van der Waals surface area contributed by atoms with Crippen molar-refractivity contribution in [2.75, 3.05) is 13.6 Å². The van der Waals surface area contributed by atoms with Crippen molar-refractivity contribution < 1.29 is 9.90 Å². The molecule has 0 aromatic carbocycles. The summed E-state index contributed by atoms with van der Waals surface area (Å²) >= 11 is 0.